The lowest BCUT2D eigenvalue weighted by atomic mass is 10.0. The standard InChI is InChI=1S/C14H18N2O/c1-11-4-6-13(7-5-11)14(17)12(2)16-9-8-15(3)10-16/h4-9,12H,10H2,1-3H3. The summed E-state index contributed by atoms with van der Waals surface area (Å²) in [6.07, 6.45) is 3.95. The van der Waals surface area contributed by atoms with E-state index in [0.717, 1.165) is 12.2 Å². The molecule has 0 saturated carbocycles. The molecule has 0 aliphatic carbocycles. The van der Waals surface area contributed by atoms with E-state index in [9.17, 15) is 4.79 Å². The summed E-state index contributed by atoms with van der Waals surface area (Å²) in [6.45, 7) is 4.75. The van der Waals surface area contributed by atoms with Crippen LogP contribution in [0.2, 0.25) is 0 Å². The van der Waals surface area contributed by atoms with E-state index < -0.39 is 0 Å². The van der Waals surface area contributed by atoms with Crippen molar-refractivity contribution in [2.75, 3.05) is 13.7 Å². The summed E-state index contributed by atoms with van der Waals surface area (Å²) < 4.78 is 0. The Morgan fingerprint density at radius 2 is 1.88 bits per heavy atom. The summed E-state index contributed by atoms with van der Waals surface area (Å²) in [4.78, 5) is 16.4. The number of hydrogen-bond acceptors (Lipinski definition) is 3. The molecule has 2 rings (SSSR count). The minimum absolute atomic E-state index is 0.112. The van der Waals surface area contributed by atoms with Crippen LogP contribution in [0.3, 0.4) is 0 Å². The maximum Gasteiger partial charge on any atom is 0.184 e. The minimum atomic E-state index is -0.112. The largest absolute Gasteiger partial charge is 0.362 e. The first-order chi connectivity index (χ1) is 8.08. The van der Waals surface area contributed by atoms with Crippen LogP contribution in [0.25, 0.3) is 0 Å². The molecule has 1 heterocycles. The average Bonchev–Trinajstić information content (AvgIpc) is 2.75. The maximum absolute atomic E-state index is 12.3. The van der Waals surface area contributed by atoms with Crippen LogP contribution >= 0.6 is 0 Å². The van der Waals surface area contributed by atoms with Gasteiger partial charge in [0.15, 0.2) is 5.78 Å². The molecule has 3 heteroatoms. The molecule has 3 nitrogen and oxygen atoms in total. The van der Waals surface area contributed by atoms with Gasteiger partial charge in [-0.25, -0.2) is 0 Å². The molecule has 1 atom stereocenters. The summed E-state index contributed by atoms with van der Waals surface area (Å²) in [7, 11) is 2.00. The highest BCUT2D eigenvalue weighted by molar-refractivity contribution is 5.99. The van der Waals surface area contributed by atoms with E-state index in [-0.39, 0.29) is 11.8 Å². The quantitative estimate of drug-likeness (QED) is 0.744. The van der Waals surface area contributed by atoms with Crippen molar-refractivity contribution in [3.05, 3.63) is 47.8 Å². The van der Waals surface area contributed by atoms with Crippen molar-refractivity contribution in [3.63, 3.8) is 0 Å². The molecule has 0 spiro atoms. The Morgan fingerprint density at radius 1 is 1.24 bits per heavy atom. The highest BCUT2D eigenvalue weighted by atomic mass is 16.1. The molecule has 1 unspecified atom stereocenters. The lowest BCUT2D eigenvalue weighted by Crippen LogP contribution is -2.36. The molecular weight excluding hydrogens is 212 g/mol. The van der Waals surface area contributed by atoms with Crippen molar-refractivity contribution in [1.29, 1.82) is 0 Å². The molecule has 0 radical (unpaired) electrons. The SMILES string of the molecule is Cc1ccc(C(=O)C(C)N2C=CN(C)C2)cc1. The van der Waals surface area contributed by atoms with E-state index >= 15 is 0 Å². The monoisotopic (exact) mass is 230 g/mol. The fourth-order valence-electron chi connectivity index (χ4n) is 1.91. The molecule has 1 aliphatic heterocycles. The predicted octanol–water partition coefficient (Wildman–Crippen LogP) is 2.24. The molecule has 1 aliphatic rings. The van der Waals surface area contributed by atoms with E-state index in [1.165, 1.54) is 5.56 Å². The summed E-state index contributed by atoms with van der Waals surface area (Å²) in [5, 5.41) is 0. The fraction of sp³-hybridized carbons (Fsp3) is 0.357. The van der Waals surface area contributed by atoms with Gasteiger partial charge in [-0.15, -0.1) is 0 Å². The Bertz CT molecular complexity index is 436. The smallest absolute Gasteiger partial charge is 0.184 e. The first-order valence-corrected chi connectivity index (χ1v) is 5.83. The van der Waals surface area contributed by atoms with Gasteiger partial charge in [-0.2, -0.15) is 0 Å². The predicted molar refractivity (Wildman–Crippen MR) is 68.6 cm³/mol. The fourth-order valence-corrected chi connectivity index (χ4v) is 1.91. The number of benzene rings is 1. The lowest BCUT2D eigenvalue weighted by Gasteiger charge is -2.24. The molecule has 0 saturated heterocycles. The van der Waals surface area contributed by atoms with Gasteiger partial charge in [0.05, 0.1) is 12.7 Å². The van der Waals surface area contributed by atoms with Crippen molar-refractivity contribution in [2.24, 2.45) is 0 Å². The molecule has 1 aromatic rings. The molecule has 0 N–H and O–H groups in total. The van der Waals surface area contributed by atoms with Crippen molar-refractivity contribution >= 4 is 5.78 Å². The number of rotatable bonds is 3. The van der Waals surface area contributed by atoms with Crippen LogP contribution in [0.1, 0.15) is 22.8 Å². The second-order valence-corrected chi connectivity index (χ2v) is 4.62. The summed E-state index contributed by atoms with van der Waals surface area (Å²) in [6, 6.07) is 7.64. The number of ketones is 1. The van der Waals surface area contributed by atoms with Crippen LogP contribution in [-0.4, -0.2) is 35.3 Å². The van der Waals surface area contributed by atoms with Crippen LogP contribution in [0.4, 0.5) is 0 Å². The third kappa shape index (κ3) is 2.49. The van der Waals surface area contributed by atoms with Crippen LogP contribution in [-0.2, 0) is 0 Å². The van der Waals surface area contributed by atoms with Crippen molar-refractivity contribution in [2.45, 2.75) is 19.9 Å². The molecule has 90 valence electrons. The van der Waals surface area contributed by atoms with Gasteiger partial charge in [-0.3, -0.25) is 4.79 Å². The Morgan fingerprint density at radius 3 is 2.41 bits per heavy atom. The van der Waals surface area contributed by atoms with Crippen LogP contribution in [0.5, 0.6) is 0 Å². The molecule has 0 amide bonds. The number of carbonyl (C=O) groups is 1. The van der Waals surface area contributed by atoms with E-state index in [1.54, 1.807) is 0 Å². The van der Waals surface area contributed by atoms with Crippen LogP contribution in [0.15, 0.2) is 36.7 Å². The molecule has 0 aromatic heterocycles. The van der Waals surface area contributed by atoms with Crippen LogP contribution < -0.4 is 0 Å². The zero-order valence-corrected chi connectivity index (χ0v) is 10.6. The second-order valence-electron chi connectivity index (χ2n) is 4.62. The van der Waals surface area contributed by atoms with Gasteiger partial charge in [0.25, 0.3) is 0 Å². The minimum Gasteiger partial charge on any atom is -0.362 e. The van der Waals surface area contributed by atoms with E-state index in [0.29, 0.717) is 0 Å². The Hall–Kier alpha value is -1.77. The summed E-state index contributed by atoms with van der Waals surface area (Å²) >= 11 is 0. The van der Waals surface area contributed by atoms with Crippen molar-refractivity contribution in [1.82, 2.24) is 9.80 Å². The molecule has 17 heavy (non-hydrogen) atoms. The Labute approximate surface area is 102 Å². The number of aryl methyl sites for hydroxylation is 1. The van der Waals surface area contributed by atoms with Gasteiger partial charge in [0, 0.05) is 25.0 Å². The van der Waals surface area contributed by atoms with Gasteiger partial charge >= 0.3 is 0 Å². The molecule has 0 fully saturated rings. The maximum atomic E-state index is 12.3. The summed E-state index contributed by atoms with van der Waals surface area (Å²) in [5.74, 6) is 0.171. The van der Waals surface area contributed by atoms with E-state index in [2.05, 4.69) is 4.90 Å². The molecular formula is C14H18N2O. The topological polar surface area (TPSA) is 23.6 Å². The second kappa shape index (κ2) is 4.62. The van der Waals surface area contributed by atoms with E-state index in [1.807, 2.05) is 62.5 Å². The normalized spacial score (nSPS) is 16.4. The van der Waals surface area contributed by atoms with Crippen LogP contribution in [0, 0.1) is 6.92 Å². The number of nitrogens with zero attached hydrogens (tertiary/aromatic N) is 2. The Balaban J connectivity index is 2.10. The first kappa shape index (κ1) is 11.7. The molecule has 1 aromatic carbocycles. The average molecular weight is 230 g/mol. The Kier molecular flexibility index (Phi) is 3.18. The third-order valence-electron chi connectivity index (χ3n) is 3.11. The number of Topliss-reactive ketones (excluding diaryl/α,β-unsaturated/α-hetero) is 1. The number of hydrogen-bond donors (Lipinski definition) is 0. The van der Waals surface area contributed by atoms with Crippen molar-refractivity contribution < 1.29 is 4.79 Å². The third-order valence-corrected chi connectivity index (χ3v) is 3.11. The number of carbonyl (C=O) groups excluding carboxylic acids is 1. The van der Waals surface area contributed by atoms with Gasteiger partial charge in [0.1, 0.15) is 0 Å². The van der Waals surface area contributed by atoms with E-state index in [4.69, 9.17) is 0 Å². The highest BCUT2D eigenvalue weighted by Gasteiger charge is 2.22. The lowest BCUT2D eigenvalue weighted by molar-refractivity contribution is 0.0873. The highest BCUT2D eigenvalue weighted by Crippen LogP contribution is 2.14. The van der Waals surface area contributed by atoms with Gasteiger partial charge < -0.3 is 9.80 Å². The summed E-state index contributed by atoms with van der Waals surface area (Å²) in [5.41, 5.74) is 1.96. The van der Waals surface area contributed by atoms with Crippen molar-refractivity contribution in [3.8, 4) is 0 Å². The zero-order chi connectivity index (χ0) is 12.4. The zero-order valence-electron chi connectivity index (χ0n) is 10.6. The van der Waals surface area contributed by atoms with Gasteiger partial charge in [-0.05, 0) is 13.8 Å². The first-order valence-electron chi connectivity index (χ1n) is 5.83. The van der Waals surface area contributed by atoms with Gasteiger partial charge in [0.2, 0.25) is 0 Å². The van der Waals surface area contributed by atoms with Gasteiger partial charge in [-0.1, -0.05) is 29.8 Å². The molecule has 0 bridgehead atoms.